The van der Waals surface area contributed by atoms with Gasteiger partial charge in [-0.1, -0.05) is 28.8 Å². The molecule has 0 aliphatic heterocycles. The van der Waals surface area contributed by atoms with Crippen LogP contribution < -0.4 is 5.32 Å². The van der Waals surface area contributed by atoms with Crippen LogP contribution in [0.15, 0.2) is 29.2 Å². The van der Waals surface area contributed by atoms with Crippen LogP contribution in [0.5, 0.6) is 0 Å². The fraction of sp³-hybridized carbons (Fsp3) is 0.500. The molecule has 1 aliphatic rings. The Kier molecular flexibility index (Phi) is 4.54. The van der Waals surface area contributed by atoms with Gasteiger partial charge in [-0.05, 0) is 37.1 Å². The lowest BCUT2D eigenvalue weighted by Crippen LogP contribution is -2.47. The maximum atomic E-state index is 12.2. The number of carbonyl (C=O) groups excluding carboxylic acids is 1. The van der Waals surface area contributed by atoms with Crippen molar-refractivity contribution in [3.05, 3.63) is 29.8 Å². The van der Waals surface area contributed by atoms with E-state index in [1.807, 2.05) is 0 Å². The van der Waals surface area contributed by atoms with Gasteiger partial charge in [-0.25, -0.2) is 8.42 Å². The minimum atomic E-state index is -3.22. The van der Waals surface area contributed by atoms with Crippen LogP contribution in [0.2, 0.25) is 0 Å². The Hall–Kier alpha value is -0.880. The molecule has 0 unspecified atom stereocenters. The number of amides is 1. The highest BCUT2D eigenvalue weighted by Gasteiger charge is 2.34. The molecule has 2 rings (SSSR count). The van der Waals surface area contributed by atoms with E-state index < -0.39 is 9.84 Å². The number of nitrogens with one attached hydrogen (secondary N) is 1. The van der Waals surface area contributed by atoms with Crippen molar-refractivity contribution in [2.75, 3.05) is 11.6 Å². The first-order chi connectivity index (χ1) is 9.36. The summed E-state index contributed by atoms with van der Waals surface area (Å²) in [5, 5.41) is 3.82. The average Bonchev–Trinajstić information content (AvgIpc) is 2.87. The number of hydrogen-bond donors (Lipinski definition) is 1. The minimum absolute atomic E-state index is 0.147. The molecule has 0 saturated heterocycles. The van der Waals surface area contributed by atoms with Crippen LogP contribution >= 0.6 is 15.9 Å². The number of sulfone groups is 1. The van der Waals surface area contributed by atoms with Crippen LogP contribution in [0.4, 0.5) is 0 Å². The minimum Gasteiger partial charge on any atom is -0.346 e. The molecule has 0 radical (unpaired) electrons. The molecule has 6 heteroatoms. The molecular formula is C14H18BrNO3S. The largest absolute Gasteiger partial charge is 0.346 e. The predicted octanol–water partition coefficient (Wildman–Crippen LogP) is 2.53. The molecule has 110 valence electrons. The van der Waals surface area contributed by atoms with Crippen molar-refractivity contribution in [2.24, 2.45) is 0 Å². The lowest BCUT2D eigenvalue weighted by molar-refractivity contribution is 0.0910. The van der Waals surface area contributed by atoms with Gasteiger partial charge in [0.15, 0.2) is 9.84 Å². The first-order valence-electron chi connectivity index (χ1n) is 6.55. The number of carbonyl (C=O) groups is 1. The maximum Gasteiger partial charge on any atom is 0.251 e. The molecule has 0 atom stereocenters. The molecule has 1 amide bonds. The van der Waals surface area contributed by atoms with Crippen LogP contribution in [0.3, 0.4) is 0 Å². The van der Waals surface area contributed by atoms with E-state index in [1.54, 1.807) is 12.1 Å². The molecular weight excluding hydrogens is 342 g/mol. The summed E-state index contributed by atoms with van der Waals surface area (Å²) in [6.07, 6.45) is 5.36. The van der Waals surface area contributed by atoms with E-state index in [9.17, 15) is 13.2 Å². The van der Waals surface area contributed by atoms with Crippen molar-refractivity contribution in [3.8, 4) is 0 Å². The van der Waals surface area contributed by atoms with Gasteiger partial charge in [0.25, 0.3) is 5.91 Å². The Balaban J connectivity index is 2.14. The molecule has 0 heterocycles. The van der Waals surface area contributed by atoms with Crippen molar-refractivity contribution < 1.29 is 13.2 Å². The molecule has 20 heavy (non-hydrogen) atoms. The lowest BCUT2D eigenvalue weighted by Gasteiger charge is -2.28. The van der Waals surface area contributed by atoms with Crippen molar-refractivity contribution in [1.29, 1.82) is 0 Å². The molecule has 1 aromatic carbocycles. The highest BCUT2D eigenvalue weighted by molar-refractivity contribution is 9.09. The smallest absolute Gasteiger partial charge is 0.251 e. The molecule has 1 fully saturated rings. The van der Waals surface area contributed by atoms with Gasteiger partial charge < -0.3 is 5.32 Å². The van der Waals surface area contributed by atoms with Crippen molar-refractivity contribution in [3.63, 3.8) is 0 Å². The van der Waals surface area contributed by atoms with Gasteiger partial charge >= 0.3 is 0 Å². The van der Waals surface area contributed by atoms with Crippen molar-refractivity contribution >= 4 is 31.7 Å². The quantitative estimate of drug-likeness (QED) is 0.840. The zero-order valence-corrected chi connectivity index (χ0v) is 13.8. The van der Waals surface area contributed by atoms with Gasteiger partial charge in [0, 0.05) is 17.1 Å². The normalized spacial score (nSPS) is 17.9. The number of hydrogen-bond acceptors (Lipinski definition) is 3. The second-order valence-electron chi connectivity index (χ2n) is 5.37. The Morgan fingerprint density at radius 2 is 1.80 bits per heavy atom. The van der Waals surface area contributed by atoms with Crippen LogP contribution in [0.1, 0.15) is 36.0 Å². The molecule has 1 N–H and O–H groups in total. The Morgan fingerprint density at radius 3 is 2.25 bits per heavy atom. The Morgan fingerprint density at radius 1 is 1.25 bits per heavy atom. The van der Waals surface area contributed by atoms with E-state index in [0.29, 0.717) is 5.56 Å². The molecule has 1 aliphatic carbocycles. The van der Waals surface area contributed by atoms with E-state index in [0.717, 1.165) is 37.3 Å². The van der Waals surface area contributed by atoms with Crippen molar-refractivity contribution in [2.45, 2.75) is 36.1 Å². The van der Waals surface area contributed by atoms with Crippen LogP contribution in [-0.2, 0) is 9.84 Å². The molecule has 1 aromatic rings. The first kappa shape index (κ1) is 15.5. The summed E-state index contributed by atoms with van der Waals surface area (Å²) in [7, 11) is -3.22. The van der Waals surface area contributed by atoms with Gasteiger partial charge in [-0.15, -0.1) is 0 Å². The summed E-state index contributed by atoms with van der Waals surface area (Å²) in [4.78, 5) is 12.5. The highest BCUT2D eigenvalue weighted by Crippen LogP contribution is 2.31. The van der Waals surface area contributed by atoms with E-state index in [1.165, 1.54) is 12.1 Å². The second-order valence-corrected chi connectivity index (χ2v) is 7.95. The number of benzene rings is 1. The third-order valence-electron chi connectivity index (χ3n) is 3.74. The zero-order chi connectivity index (χ0) is 14.8. The molecule has 0 spiro atoms. The lowest BCUT2D eigenvalue weighted by atomic mass is 10.00. The molecule has 1 saturated carbocycles. The number of halogens is 1. The zero-order valence-electron chi connectivity index (χ0n) is 11.4. The van der Waals surface area contributed by atoms with Crippen LogP contribution in [-0.4, -0.2) is 31.4 Å². The SMILES string of the molecule is CS(=O)(=O)c1ccc(C(=O)NC2(CBr)CCCC2)cc1. The Labute approximate surface area is 128 Å². The average molecular weight is 360 g/mol. The number of rotatable bonds is 4. The van der Waals surface area contributed by atoms with Crippen LogP contribution in [0, 0.1) is 0 Å². The second kappa shape index (κ2) is 5.85. The van der Waals surface area contributed by atoms with Gasteiger partial charge in [0.1, 0.15) is 0 Å². The summed E-state index contributed by atoms with van der Waals surface area (Å²) < 4.78 is 22.8. The van der Waals surface area contributed by atoms with Crippen molar-refractivity contribution in [1.82, 2.24) is 5.32 Å². The molecule has 0 aromatic heterocycles. The third kappa shape index (κ3) is 3.41. The van der Waals surface area contributed by atoms with E-state index in [-0.39, 0.29) is 16.3 Å². The van der Waals surface area contributed by atoms with E-state index in [4.69, 9.17) is 0 Å². The predicted molar refractivity (Wildman–Crippen MR) is 82.0 cm³/mol. The molecule has 0 bridgehead atoms. The van der Waals surface area contributed by atoms with Gasteiger partial charge in [0.2, 0.25) is 0 Å². The van der Waals surface area contributed by atoms with E-state index in [2.05, 4.69) is 21.2 Å². The maximum absolute atomic E-state index is 12.2. The molecule has 4 nitrogen and oxygen atoms in total. The van der Waals surface area contributed by atoms with Crippen LogP contribution in [0.25, 0.3) is 0 Å². The monoisotopic (exact) mass is 359 g/mol. The fourth-order valence-corrected chi connectivity index (χ4v) is 3.84. The standard InChI is InChI=1S/C14H18BrNO3S/c1-20(18,19)12-6-4-11(5-7-12)13(17)16-14(10-15)8-2-3-9-14/h4-7H,2-3,8-10H2,1H3,(H,16,17). The van der Waals surface area contributed by atoms with Gasteiger partial charge in [0.05, 0.1) is 10.4 Å². The number of alkyl halides is 1. The summed E-state index contributed by atoms with van der Waals surface area (Å²) in [6.45, 7) is 0. The third-order valence-corrected chi connectivity index (χ3v) is 5.94. The highest BCUT2D eigenvalue weighted by atomic mass is 79.9. The summed E-state index contributed by atoms with van der Waals surface area (Å²) in [6, 6.07) is 6.06. The first-order valence-corrected chi connectivity index (χ1v) is 9.56. The van der Waals surface area contributed by atoms with E-state index >= 15 is 0 Å². The van der Waals surface area contributed by atoms with Gasteiger partial charge in [-0.3, -0.25) is 4.79 Å². The summed E-state index contributed by atoms with van der Waals surface area (Å²) in [5.41, 5.74) is 0.330. The summed E-state index contributed by atoms with van der Waals surface area (Å²) in [5.74, 6) is -0.147. The van der Waals surface area contributed by atoms with Gasteiger partial charge in [-0.2, -0.15) is 0 Å². The topological polar surface area (TPSA) is 63.2 Å². The fourth-order valence-electron chi connectivity index (χ4n) is 2.51. The Bertz CT molecular complexity index is 589. The summed E-state index contributed by atoms with van der Waals surface area (Å²) >= 11 is 3.48.